The maximum absolute atomic E-state index is 12.0. The average Bonchev–Trinajstić information content (AvgIpc) is 2.64. The van der Waals surface area contributed by atoms with E-state index in [2.05, 4.69) is 20.8 Å². The second-order valence-electron chi connectivity index (χ2n) is 5.46. The van der Waals surface area contributed by atoms with Crippen LogP contribution in [0.3, 0.4) is 0 Å². The van der Waals surface area contributed by atoms with Crippen molar-refractivity contribution in [2.75, 3.05) is 13.1 Å². The molecule has 0 saturated carbocycles. The van der Waals surface area contributed by atoms with Crippen LogP contribution in [0.5, 0.6) is 0 Å². The number of carbonyl (C=O) groups excluding carboxylic acids is 1. The van der Waals surface area contributed by atoms with E-state index in [1.54, 1.807) is 0 Å². The van der Waals surface area contributed by atoms with Crippen molar-refractivity contribution in [3.8, 4) is 0 Å². The highest BCUT2D eigenvalue weighted by Crippen LogP contribution is 2.21. The summed E-state index contributed by atoms with van der Waals surface area (Å²) >= 11 is 0. The van der Waals surface area contributed by atoms with E-state index in [-0.39, 0.29) is 11.9 Å². The molecule has 0 spiro atoms. The van der Waals surface area contributed by atoms with Gasteiger partial charge in [0.1, 0.15) is 0 Å². The normalized spacial score (nSPS) is 22.8. The first-order chi connectivity index (χ1) is 7.54. The van der Waals surface area contributed by atoms with Crippen molar-refractivity contribution in [3.63, 3.8) is 0 Å². The quantitative estimate of drug-likeness (QED) is 0.779. The van der Waals surface area contributed by atoms with Crippen molar-refractivity contribution in [2.24, 2.45) is 17.6 Å². The molecule has 0 radical (unpaired) electrons. The van der Waals surface area contributed by atoms with Crippen molar-refractivity contribution in [3.05, 3.63) is 0 Å². The van der Waals surface area contributed by atoms with Gasteiger partial charge in [-0.3, -0.25) is 4.79 Å². The number of likely N-dealkylation sites (tertiary alicyclic amines) is 1. The molecule has 1 aliphatic heterocycles. The molecule has 1 amide bonds. The Morgan fingerprint density at radius 2 is 2.19 bits per heavy atom. The van der Waals surface area contributed by atoms with Crippen molar-refractivity contribution >= 4 is 5.91 Å². The zero-order valence-electron chi connectivity index (χ0n) is 10.9. The minimum atomic E-state index is -0.291. The van der Waals surface area contributed by atoms with E-state index >= 15 is 0 Å². The highest BCUT2D eigenvalue weighted by atomic mass is 16.2. The fraction of sp³-hybridized carbons (Fsp3) is 0.923. The number of hydrogen-bond acceptors (Lipinski definition) is 2. The summed E-state index contributed by atoms with van der Waals surface area (Å²) in [6.45, 7) is 8.26. The molecule has 1 rings (SSSR count). The van der Waals surface area contributed by atoms with Crippen LogP contribution in [0.4, 0.5) is 0 Å². The van der Waals surface area contributed by atoms with Gasteiger partial charge in [0.25, 0.3) is 0 Å². The molecule has 2 atom stereocenters. The maximum atomic E-state index is 12.0. The van der Waals surface area contributed by atoms with Gasteiger partial charge in [-0.2, -0.15) is 0 Å². The van der Waals surface area contributed by atoms with Gasteiger partial charge in [0, 0.05) is 13.1 Å². The molecule has 1 heterocycles. The fourth-order valence-corrected chi connectivity index (χ4v) is 2.52. The third-order valence-electron chi connectivity index (χ3n) is 3.34. The number of nitrogens with two attached hydrogens (primary N) is 1. The third-order valence-corrected chi connectivity index (χ3v) is 3.34. The zero-order chi connectivity index (χ0) is 12.1. The smallest absolute Gasteiger partial charge is 0.239 e. The van der Waals surface area contributed by atoms with Gasteiger partial charge < -0.3 is 10.6 Å². The molecule has 16 heavy (non-hydrogen) atoms. The van der Waals surface area contributed by atoms with E-state index in [0.29, 0.717) is 11.8 Å². The lowest BCUT2D eigenvalue weighted by Gasteiger charge is -2.22. The third kappa shape index (κ3) is 3.78. The number of hydrogen-bond donors (Lipinski definition) is 1. The Labute approximate surface area is 99.4 Å². The molecule has 0 aromatic rings. The lowest BCUT2D eigenvalue weighted by molar-refractivity contribution is -0.132. The van der Waals surface area contributed by atoms with Crippen LogP contribution < -0.4 is 5.73 Å². The van der Waals surface area contributed by atoms with Gasteiger partial charge in [-0.1, -0.05) is 27.2 Å². The van der Waals surface area contributed by atoms with Crippen LogP contribution in [-0.2, 0) is 4.79 Å². The molecule has 0 bridgehead atoms. The predicted molar refractivity (Wildman–Crippen MR) is 67.0 cm³/mol. The first-order valence-corrected chi connectivity index (χ1v) is 6.59. The summed E-state index contributed by atoms with van der Waals surface area (Å²) in [7, 11) is 0. The Bertz CT molecular complexity index is 228. The van der Waals surface area contributed by atoms with Crippen LogP contribution in [-0.4, -0.2) is 29.9 Å². The molecule has 3 nitrogen and oxygen atoms in total. The molecule has 1 fully saturated rings. The standard InChI is InChI=1S/C13H26N2O/c1-4-5-11-6-7-15(9-11)13(16)12(14)8-10(2)3/h10-12H,4-9,14H2,1-3H3/t11?,12-/m1/s1. The van der Waals surface area contributed by atoms with Gasteiger partial charge in [-0.25, -0.2) is 0 Å². The van der Waals surface area contributed by atoms with E-state index < -0.39 is 0 Å². The molecular formula is C13H26N2O. The molecule has 1 aliphatic rings. The molecular weight excluding hydrogens is 200 g/mol. The van der Waals surface area contributed by atoms with Gasteiger partial charge in [-0.15, -0.1) is 0 Å². The number of amides is 1. The van der Waals surface area contributed by atoms with Crippen LogP contribution in [0.25, 0.3) is 0 Å². The Morgan fingerprint density at radius 3 is 2.75 bits per heavy atom. The highest BCUT2D eigenvalue weighted by Gasteiger charge is 2.28. The van der Waals surface area contributed by atoms with Crippen molar-refractivity contribution < 1.29 is 4.79 Å². The summed E-state index contributed by atoms with van der Waals surface area (Å²) < 4.78 is 0. The summed E-state index contributed by atoms with van der Waals surface area (Å²) in [5.41, 5.74) is 5.93. The summed E-state index contributed by atoms with van der Waals surface area (Å²) in [5.74, 6) is 1.36. The first-order valence-electron chi connectivity index (χ1n) is 6.59. The SMILES string of the molecule is CCCC1CCN(C(=O)[C@H](N)CC(C)C)C1. The summed E-state index contributed by atoms with van der Waals surface area (Å²) in [4.78, 5) is 14.0. The Kier molecular flexibility index (Phi) is 5.26. The molecule has 3 heteroatoms. The van der Waals surface area contributed by atoms with E-state index in [1.807, 2.05) is 4.90 Å². The second kappa shape index (κ2) is 6.24. The van der Waals surface area contributed by atoms with Gasteiger partial charge in [0.2, 0.25) is 5.91 Å². The topological polar surface area (TPSA) is 46.3 Å². The molecule has 0 aliphatic carbocycles. The summed E-state index contributed by atoms with van der Waals surface area (Å²) in [6.07, 6.45) is 4.41. The van der Waals surface area contributed by atoms with Crippen LogP contribution in [0.15, 0.2) is 0 Å². The minimum Gasteiger partial charge on any atom is -0.341 e. The van der Waals surface area contributed by atoms with Gasteiger partial charge in [0.15, 0.2) is 0 Å². The molecule has 0 aromatic carbocycles. The number of carbonyl (C=O) groups is 1. The Balaban J connectivity index is 2.38. The van der Waals surface area contributed by atoms with E-state index in [1.165, 1.54) is 12.8 Å². The second-order valence-corrected chi connectivity index (χ2v) is 5.46. The largest absolute Gasteiger partial charge is 0.341 e. The van der Waals surface area contributed by atoms with Crippen LogP contribution >= 0.6 is 0 Å². The number of nitrogens with zero attached hydrogens (tertiary/aromatic N) is 1. The van der Waals surface area contributed by atoms with E-state index in [9.17, 15) is 4.79 Å². The minimum absolute atomic E-state index is 0.160. The van der Waals surface area contributed by atoms with Crippen LogP contribution in [0.2, 0.25) is 0 Å². The molecule has 2 N–H and O–H groups in total. The van der Waals surface area contributed by atoms with Crippen molar-refractivity contribution in [2.45, 2.75) is 52.5 Å². The Morgan fingerprint density at radius 1 is 1.50 bits per heavy atom. The summed E-state index contributed by atoms with van der Waals surface area (Å²) in [5, 5.41) is 0. The van der Waals surface area contributed by atoms with Crippen LogP contribution in [0, 0.1) is 11.8 Å². The van der Waals surface area contributed by atoms with Gasteiger partial charge >= 0.3 is 0 Å². The lowest BCUT2D eigenvalue weighted by atomic mass is 10.0. The van der Waals surface area contributed by atoms with E-state index in [0.717, 1.165) is 25.9 Å². The first kappa shape index (κ1) is 13.5. The monoisotopic (exact) mass is 226 g/mol. The maximum Gasteiger partial charge on any atom is 0.239 e. The average molecular weight is 226 g/mol. The predicted octanol–water partition coefficient (Wildman–Crippen LogP) is 2.01. The molecule has 1 unspecified atom stereocenters. The fourth-order valence-electron chi connectivity index (χ4n) is 2.52. The lowest BCUT2D eigenvalue weighted by Crippen LogP contribution is -2.43. The Hall–Kier alpha value is -0.570. The summed E-state index contributed by atoms with van der Waals surface area (Å²) in [6, 6.07) is -0.291. The molecule has 94 valence electrons. The zero-order valence-corrected chi connectivity index (χ0v) is 10.9. The van der Waals surface area contributed by atoms with Gasteiger partial charge in [-0.05, 0) is 31.1 Å². The highest BCUT2D eigenvalue weighted by molar-refractivity contribution is 5.81. The molecule has 0 aromatic heterocycles. The van der Waals surface area contributed by atoms with Crippen LogP contribution in [0.1, 0.15) is 46.5 Å². The van der Waals surface area contributed by atoms with E-state index in [4.69, 9.17) is 5.73 Å². The van der Waals surface area contributed by atoms with Gasteiger partial charge in [0.05, 0.1) is 6.04 Å². The number of rotatable bonds is 5. The molecule has 1 saturated heterocycles. The van der Waals surface area contributed by atoms with Crippen molar-refractivity contribution in [1.29, 1.82) is 0 Å². The van der Waals surface area contributed by atoms with Crippen molar-refractivity contribution in [1.82, 2.24) is 4.90 Å².